The highest BCUT2D eigenvalue weighted by Gasteiger charge is 2.26. The summed E-state index contributed by atoms with van der Waals surface area (Å²) < 4.78 is 22.5. The first-order valence-corrected chi connectivity index (χ1v) is 6.50. The van der Waals surface area contributed by atoms with Crippen LogP contribution in [0.5, 0.6) is 0 Å². The lowest BCUT2D eigenvalue weighted by atomic mass is 10.1. The third-order valence-corrected chi connectivity index (χ3v) is 3.34. The van der Waals surface area contributed by atoms with Crippen LogP contribution in [0.2, 0.25) is 0 Å². The van der Waals surface area contributed by atoms with Crippen molar-refractivity contribution >= 4 is 21.5 Å². The number of nitro groups is 1. The zero-order valence-electron chi connectivity index (χ0n) is 9.23. The molecule has 0 saturated carbocycles. The Morgan fingerprint density at radius 2 is 2.06 bits per heavy atom. The van der Waals surface area contributed by atoms with E-state index in [4.69, 9.17) is 10.8 Å². The standard InChI is InChI=1S/C9H10N2O6S/c1-18(16,17)5-2-3-6(8(10)9(12)13)7(4-5)11(14)15/h2-4,8H,10H2,1H3,(H,12,13)/t8-/m0/s1. The van der Waals surface area contributed by atoms with Crippen LogP contribution >= 0.6 is 0 Å². The molecule has 9 heteroatoms. The molecule has 0 bridgehead atoms. The van der Waals surface area contributed by atoms with E-state index in [1.165, 1.54) is 0 Å². The first-order valence-electron chi connectivity index (χ1n) is 4.61. The van der Waals surface area contributed by atoms with Gasteiger partial charge >= 0.3 is 5.97 Å². The molecule has 0 heterocycles. The number of aliphatic carboxylic acids is 1. The minimum Gasteiger partial charge on any atom is -0.480 e. The number of hydrogen-bond donors (Lipinski definition) is 2. The molecular formula is C9H10N2O6S. The molecule has 1 aromatic carbocycles. The van der Waals surface area contributed by atoms with Gasteiger partial charge in [0.25, 0.3) is 5.69 Å². The minimum atomic E-state index is -3.61. The van der Waals surface area contributed by atoms with E-state index in [-0.39, 0.29) is 10.5 Å². The van der Waals surface area contributed by atoms with E-state index in [0.717, 1.165) is 24.5 Å². The van der Waals surface area contributed by atoms with Crippen LogP contribution in [-0.2, 0) is 14.6 Å². The van der Waals surface area contributed by atoms with Crippen LogP contribution in [-0.4, -0.2) is 30.7 Å². The molecule has 98 valence electrons. The maximum atomic E-state index is 11.3. The van der Waals surface area contributed by atoms with Crippen LogP contribution in [0, 0.1) is 10.1 Å². The highest BCUT2D eigenvalue weighted by molar-refractivity contribution is 7.90. The van der Waals surface area contributed by atoms with Crippen LogP contribution in [0.15, 0.2) is 23.1 Å². The van der Waals surface area contributed by atoms with Gasteiger partial charge in [-0.3, -0.25) is 14.9 Å². The maximum absolute atomic E-state index is 11.3. The highest BCUT2D eigenvalue weighted by atomic mass is 32.2. The second-order valence-corrected chi connectivity index (χ2v) is 5.58. The van der Waals surface area contributed by atoms with E-state index >= 15 is 0 Å². The van der Waals surface area contributed by atoms with E-state index in [0.29, 0.717) is 0 Å². The number of nitro benzene ring substituents is 1. The molecule has 3 N–H and O–H groups in total. The second-order valence-electron chi connectivity index (χ2n) is 3.57. The predicted molar refractivity (Wildman–Crippen MR) is 60.8 cm³/mol. The Morgan fingerprint density at radius 1 is 1.50 bits per heavy atom. The molecule has 0 aliphatic carbocycles. The van der Waals surface area contributed by atoms with E-state index in [9.17, 15) is 23.3 Å². The van der Waals surface area contributed by atoms with Crippen molar-refractivity contribution in [2.75, 3.05) is 6.26 Å². The Kier molecular flexibility index (Phi) is 3.67. The molecule has 0 amide bonds. The molecular weight excluding hydrogens is 264 g/mol. The molecule has 0 unspecified atom stereocenters. The number of sulfone groups is 1. The van der Waals surface area contributed by atoms with Crippen LogP contribution in [0.3, 0.4) is 0 Å². The maximum Gasteiger partial charge on any atom is 0.325 e. The van der Waals surface area contributed by atoms with Gasteiger partial charge in [0.05, 0.1) is 15.4 Å². The fourth-order valence-corrected chi connectivity index (χ4v) is 1.95. The van der Waals surface area contributed by atoms with Gasteiger partial charge in [0.15, 0.2) is 9.84 Å². The lowest BCUT2D eigenvalue weighted by Gasteiger charge is -2.08. The topological polar surface area (TPSA) is 141 Å². The molecule has 0 radical (unpaired) electrons. The summed E-state index contributed by atoms with van der Waals surface area (Å²) in [4.78, 5) is 20.3. The monoisotopic (exact) mass is 274 g/mol. The summed E-state index contributed by atoms with van der Waals surface area (Å²) in [6.45, 7) is 0. The number of benzene rings is 1. The number of nitrogens with two attached hydrogens (primary N) is 1. The van der Waals surface area contributed by atoms with Gasteiger partial charge in [-0.1, -0.05) is 0 Å². The molecule has 0 aliphatic rings. The summed E-state index contributed by atoms with van der Waals surface area (Å²) in [5.74, 6) is -1.44. The number of carboxylic acids is 1. The number of hydrogen-bond acceptors (Lipinski definition) is 6. The van der Waals surface area contributed by atoms with Crippen molar-refractivity contribution < 1.29 is 23.2 Å². The molecule has 0 spiro atoms. The summed E-state index contributed by atoms with van der Waals surface area (Å²) in [5, 5.41) is 19.5. The van der Waals surface area contributed by atoms with E-state index < -0.39 is 32.5 Å². The van der Waals surface area contributed by atoms with Crippen molar-refractivity contribution in [3.05, 3.63) is 33.9 Å². The zero-order valence-corrected chi connectivity index (χ0v) is 10.0. The second kappa shape index (κ2) is 4.70. The predicted octanol–water partition coefficient (Wildman–Crippen LogP) is 0.0827. The van der Waals surface area contributed by atoms with Crippen molar-refractivity contribution in [3.8, 4) is 0 Å². The highest BCUT2D eigenvalue weighted by Crippen LogP contribution is 2.27. The van der Waals surface area contributed by atoms with Crippen molar-refractivity contribution in [3.63, 3.8) is 0 Å². The number of nitrogens with zero attached hydrogens (tertiary/aromatic N) is 1. The Hall–Kier alpha value is -2.00. The fourth-order valence-electron chi connectivity index (χ4n) is 1.31. The average Bonchev–Trinajstić information content (AvgIpc) is 2.25. The number of rotatable bonds is 4. The quantitative estimate of drug-likeness (QED) is 0.585. The molecule has 0 aliphatic heterocycles. The minimum absolute atomic E-state index is 0.250. The smallest absolute Gasteiger partial charge is 0.325 e. The van der Waals surface area contributed by atoms with Gasteiger partial charge < -0.3 is 10.8 Å². The molecule has 0 saturated heterocycles. The Labute approximate surface area is 102 Å². The van der Waals surface area contributed by atoms with Gasteiger partial charge in [-0.25, -0.2) is 8.42 Å². The van der Waals surface area contributed by atoms with Crippen LogP contribution < -0.4 is 5.73 Å². The summed E-state index contributed by atoms with van der Waals surface area (Å²) in [6.07, 6.45) is 0.892. The Morgan fingerprint density at radius 3 is 2.44 bits per heavy atom. The van der Waals surface area contributed by atoms with Gasteiger partial charge in [0.1, 0.15) is 6.04 Å². The summed E-state index contributed by atoms with van der Waals surface area (Å²) in [6, 6.07) is 1.33. The normalized spacial score (nSPS) is 13.0. The summed E-state index contributed by atoms with van der Waals surface area (Å²) in [5.41, 5.74) is 4.40. The molecule has 0 fully saturated rings. The van der Waals surface area contributed by atoms with E-state index in [2.05, 4.69) is 0 Å². The van der Waals surface area contributed by atoms with E-state index in [1.807, 2.05) is 0 Å². The zero-order chi connectivity index (χ0) is 14.1. The molecule has 1 atom stereocenters. The average molecular weight is 274 g/mol. The largest absolute Gasteiger partial charge is 0.480 e. The van der Waals surface area contributed by atoms with Crippen molar-refractivity contribution in [2.24, 2.45) is 5.73 Å². The Bertz CT molecular complexity index is 609. The third kappa shape index (κ3) is 2.81. The van der Waals surface area contributed by atoms with Gasteiger partial charge in [0, 0.05) is 12.3 Å². The van der Waals surface area contributed by atoms with Gasteiger partial charge in [0.2, 0.25) is 0 Å². The number of carboxylic acid groups (broad SMARTS) is 1. The van der Waals surface area contributed by atoms with Crippen molar-refractivity contribution in [2.45, 2.75) is 10.9 Å². The summed E-state index contributed by atoms with van der Waals surface area (Å²) in [7, 11) is -3.61. The first kappa shape index (κ1) is 14.1. The molecule has 0 aromatic heterocycles. The van der Waals surface area contributed by atoms with Gasteiger partial charge in [-0.2, -0.15) is 0 Å². The molecule has 1 rings (SSSR count). The van der Waals surface area contributed by atoms with Crippen LogP contribution in [0.4, 0.5) is 5.69 Å². The van der Waals surface area contributed by atoms with Crippen LogP contribution in [0.1, 0.15) is 11.6 Å². The van der Waals surface area contributed by atoms with Gasteiger partial charge in [-0.05, 0) is 12.1 Å². The lowest BCUT2D eigenvalue weighted by Crippen LogP contribution is -2.22. The lowest BCUT2D eigenvalue weighted by molar-refractivity contribution is -0.385. The summed E-state index contributed by atoms with van der Waals surface area (Å²) >= 11 is 0. The number of carbonyl (C=O) groups is 1. The van der Waals surface area contributed by atoms with Crippen molar-refractivity contribution in [1.29, 1.82) is 0 Å². The molecule has 18 heavy (non-hydrogen) atoms. The fraction of sp³-hybridized carbons (Fsp3) is 0.222. The van der Waals surface area contributed by atoms with Crippen LogP contribution in [0.25, 0.3) is 0 Å². The first-order chi connectivity index (χ1) is 8.14. The molecule has 8 nitrogen and oxygen atoms in total. The Balaban J connectivity index is 3.48. The SMILES string of the molecule is CS(=O)(=O)c1ccc([C@H](N)C(=O)O)c([N+](=O)[O-])c1. The van der Waals surface area contributed by atoms with Gasteiger partial charge in [-0.15, -0.1) is 0 Å². The third-order valence-electron chi connectivity index (χ3n) is 2.23. The van der Waals surface area contributed by atoms with E-state index in [1.54, 1.807) is 0 Å². The molecule has 1 aromatic rings. The van der Waals surface area contributed by atoms with Crippen molar-refractivity contribution in [1.82, 2.24) is 0 Å².